The molecular weight excluding hydrogens is 392 g/mol. The van der Waals surface area contributed by atoms with E-state index in [1.165, 1.54) is 6.21 Å². The summed E-state index contributed by atoms with van der Waals surface area (Å²) in [5.41, 5.74) is 0.710. The summed E-state index contributed by atoms with van der Waals surface area (Å²) in [5, 5.41) is 22.2. The zero-order chi connectivity index (χ0) is 20.5. The fourth-order valence-electron chi connectivity index (χ4n) is 3.23. The van der Waals surface area contributed by atoms with Crippen molar-refractivity contribution in [2.45, 2.75) is 19.3 Å². The second kappa shape index (κ2) is 10.7. The van der Waals surface area contributed by atoms with Gasteiger partial charge >= 0.3 is 0 Å². The topological polar surface area (TPSA) is 80.1 Å². The molecule has 0 saturated carbocycles. The lowest BCUT2D eigenvalue weighted by Gasteiger charge is -2.32. The average Bonchev–Trinajstić information content (AvgIpc) is 2.72. The molecule has 3 rings (SSSR count). The average molecular weight is 417 g/mol. The maximum Gasteiger partial charge on any atom is 0.151 e. The number of aromatic nitrogens is 2. The summed E-state index contributed by atoms with van der Waals surface area (Å²) in [6.07, 6.45) is 6.26. The summed E-state index contributed by atoms with van der Waals surface area (Å²) in [6.45, 7) is 6.37. The predicted molar refractivity (Wildman–Crippen MR) is 114 cm³/mol. The molecule has 1 saturated heterocycles. The first-order valence-corrected chi connectivity index (χ1v) is 9.99. The van der Waals surface area contributed by atoms with Crippen LogP contribution in [-0.2, 0) is 4.84 Å². The lowest BCUT2D eigenvalue weighted by Crippen LogP contribution is -2.34. The normalized spacial score (nSPS) is 14.9. The summed E-state index contributed by atoms with van der Waals surface area (Å²) >= 11 is 5.80. The number of ether oxygens (including phenoxy) is 1. The first kappa shape index (κ1) is 20.9. The molecule has 1 aromatic heterocycles. The number of nitrogens with zero attached hydrogens (tertiary/aromatic N) is 4. The Kier molecular flexibility index (Phi) is 7.69. The summed E-state index contributed by atoms with van der Waals surface area (Å²) < 4.78 is 5.85. The minimum atomic E-state index is 0.130. The number of benzene rings is 1. The van der Waals surface area contributed by atoms with Gasteiger partial charge in [-0.1, -0.05) is 29.4 Å². The SMILES string of the molecule is C=CCO/N=C/c1cc(O)cc(OCCC2CCN(c3ccc(Cl)nn3)CC2)c1. The third-order valence-corrected chi connectivity index (χ3v) is 4.94. The van der Waals surface area contributed by atoms with Crippen molar-refractivity contribution in [3.05, 3.63) is 53.7 Å². The minimum absolute atomic E-state index is 0.130. The van der Waals surface area contributed by atoms with E-state index in [1.807, 2.05) is 12.1 Å². The molecule has 0 atom stereocenters. The van der Waals surface area contributed by atoms with E-state index in [1.54, 1.807) is 24.3 Å². The van der Waals surface area contributed by atoms with Crippen LogP contribution in [0.4, 0.5) is 5.82 Å². The van der Waals surface area contributed by atoms with Crippen molar-refractivity contribution in [2.24, 2.45) is 11.1 Å². The van der Waals surface area contributed by atoms with E-state index < -0.39 is 0 Å². The van der Waals surface area contributed by atoms with Gasteiger partial charge in [0.15, 0.2) is 11.0 Å². The van der Waals surface area contributed by atoms with Gasteiger partial charge in [-0.2, -0.15) is 0 Å². The Morgan fingerprint density at radius 3 is 2.79 bits per heavy atom. The highest BCUT2D eigenvalue weighted by Crippen LogP contribution is 2.25. The van der Waals surface area contributed by atoms with Crippen LogP contribution in [-0.4, -0.2) is 47.8 Å². The van der Waals surface area contributed by atoms with Gasteiger partial charge in [0.2, 0.25) is 0 Å². The Hall–Kier alpha value is -2.80. The van der Waals surface area contributed by atoms with Crippen LogP contribution in [0.25, 0.3) is 0 Å². The molecule has 0 bridgehead atoms. The zero-order valence-corrected chi connectivity index (χ0v) is 17.0. The molecule has 0 amide bonds. The maximum absolute atomic E-state index is 9.88. The lowest BCUT2D eigenvalue weighted by atomic mass is 9.94. The second-order valence-corrected chi connectivity index (χ2v) is 7.25. The molecule has 1 aliphatic rings. The third-order valence-electron chi connectivity index (χ3n) is 4.73. The molecule has 0 unspecified atom stereocenters. The van der Waals surface area contributed by atoms with Crippen LogP contribution < -0.4 is 9.64 Å². The number of anilines is 1. The molecule has 1 N–H and O–H groups in total. The first-order valence-electron chi connectivity index (χ1n) is 9.61. The van der Waals surface area contributed by atoms with Gasteiger partial charge in [0.05, 0.1) is 12.8 Å². The molecule has 29 heavy (non-hydrogen) atoms. The van der Waals surface area contributed by atoms with Crippen LogP contribution in [0.15, 0.2) is 48.1 Å². The Morgan fingerprint density at radius 2 is 2.07 bits per heavy atom. The lowest BCUT2D eigenvalue weighted by molar-refractivity contribution is 0.176. The molecule has 0 radical (unpaired) electrons. The van der Waals surface area contributed by atoms with Gasteiger partial charge in [-0.25, -0.2) is 0 Å². The molecule has 8 heteroatoms. The van der Waals surface area contributed by atoms with Crippen LogP contribution in [0.3, 0.4) is 0 Å². The van der Waals surface area contributed by atoms with Crippen molar-refractivity contribution < 1.29 is 14.7 Å². The Balaban J connectivity index is 1.43. The molecule has 0 spiro atoms. The van der Waals surface area contributed by atoms with E-state index in [0.717, 1.165) is 38.2 Å². The fourth-order valence-corrected chi connectivity index (χ4v) is 3.33. The highest BCUT2D eigenvalue weighted by molar-refractivity contribution is 6.29. The number of hydrogen-bond donors (Lipinski definition) is 1. The number of rotatable bonds is 9. The van der Waals surface area contributed by atoms with Gasteiger partial charge in [-0.3, -0.25) is 0 Å². The van der Waals surface area contributed by atoms with Gasteiger partial charge in [0, 0.05) is 24.7 Å². The van der Waals surface area contributed by atoms with Gasteiger partial charge in [-0.15, -0.1) is 10.2 Å². The van der Waals surface area contributed by atoms with E-state index in [-0.39, 0.29) is 5.75 Å². The van der Waals surface area contributed by atoms with Crippen molar-refractivity contribution >= 4 is 23.6 Å². The summed E-state index contributed by atoms with van der Waals surface area (Å²) in [4.78, 5) is 7.22. The van der Waals surface area contributed by atoms with Crippen LogP contribution in [0.1, 0.15) is 24.8 Å². The largest absolute Gasteiger partial charge is 0.508 e. The third kappa shape index (κ3) is 6.64. The quantitative estimate of drug-likeness (QED) is 0.287. The van der Waals surface area contributed by atoms with E-state index >= 15 is 0 Å². The second-order valence-electron chi connectivity index (χ2n) is 6.86. The molecule has 2 aromatic rings. The van der Waals surface area contributed by atoms with Gasteiger partial charge < -0.3 is 19.6 Å². The molecular formula is C21H25ClN4O3. The van der Waals surface area contributed by atoms with E-state index in [0.29, 0.717) is 35.6 Å². The maximum atomic E-state index is 9.88. The first-order chi connectivity index (χ1) is 14.1. The number of hydrogen-bond acceptors (Lipinski definition) is 7. The molecule has 1 fully saturated rings. The number of oxime groups is 1. The number of phenolic OH excluding ortho intramolecular Hbond substituents is 1. The molecule has 1 aliphatic heterocycles. The Labute approximate surface area is 175 Å². The van der Waals surface area contributed by atoms with Crippen LogP contribution >= 0.6 is 11.6 Å². The molecule has 2 heterocycles. The van der Waals surface area contributed by atoms with Gasteiger partial charge in [0.25, 0.3) is 0 Å². The molecule has 7 nitrogen and oxygen atoms in total. The molecule has 1 aromatic carbocycles. The monoisotopic (exact) mass is 416 g/mol. The molecule has 0 aliphatic carbocycles. The van der Waals surface area contributed by atoms with Crippen LogP contribution in [0.5, 0.6) is 11.5 Å². The molecule has 154 valence electrons. The summed E-state index contributed by atoms with van der Waals surface area (Å²) in [6, 6.07) is 8.70. The zero-order valence-electron chi connectivity index (χ0n) is 16.2. The van der Waals surface area contributed by atoms with Crippen molar-refractivity contribution in [1.82, 2.24) is 10.2 Å². The number of piperidine rings is 1. The summed E-state index contributed by atoms with van der Waals surface area (Å²) in [5.74, 6) is 2.21. The van der Waals surface area contributed by atoms with Crippen molar-refractivity contribution in [3.8, 4) is 11.5 Å². The standard InChI is InChI=1S/C21H25ClN4O3/c1-2-10-29-23-15-17-12-18(27)14-19(13-17)28-11-7-16-5-8-26(9-6-16)21-4-3-20(22)24-25-21/h2-4,12-16,27H,1,5-11H2/b23-15+. The highest BCUT2D eigenvalue weighted by Gasteiger charge is 2.20. The predicted octanol–water partition coefficient (Wildman–Crippen LogP) is 4.06. The van der Waals surface area contributed by atoms with E-state index in [4.69, 9.17) is 21.2 Å². The number of aromatic hydroxyl groups is 1. The van der Waals surface area contributed by atoms with Crippen molar-refractivity contribution in [3.63, 3.8) is 0 Å². The summed E-state index contributed by atoms with van der Waals surface area (Å²) in [7, 11) is 0. The van der Waals surface area contributed by atoms with Crippen molar-refractivity contribution in [1.29, 1.82) is 0 Å². The van der Waals surface area contributed by atoms with E-state index in [9.17, 15) is 5.11 Å². The highest BCUT2D eigenvalue weighted by atomic mass is 35.5. The Bertz CT molecular complexity index is 821. The van der Waals surface area contributed by atoms with Gasteiger partial charge in [-0.05, 0) is 49.4 Å². The van der Waals surface area contributed by atoms with Gasteiger partial charge in [0.1, 0.15) is 18.1 Å². The van der Waals surface area contributed by atoms with Crippen molar-refractivity contribution in [2.75, 3.05) is 31.2 Å². The Morgan fingerprint density at radius 1 is 1.24 bits per heavy atom. The number of halogens is 1. The van der Waals surface area contributed by atoms with E-state index in [2.05, 4.69) is 26.8 Å². The smallest absolute Gasteiger partial charge is 0.151 e. The van der Waals surface area contributed by atoms with Crippen LogP contribution in [0.2, 0.25) is 5.15 Å². The fraction of sp³-hybridized carbons (Fsp3) is 0.381. The number of phenols is 1. The minimum Gasteiger partial charge on any atom is -0.508 e. The van der Waals surface area contributed by atoms with Crippen LogP contribution in [0, 0.1) is 5.92 Å².